The third kappa shape index (κ3) is 4.54. The number of nitrogens with one attached hydrogen (secondary N) is 2. The summed E-state index contributed by atoms with van der Waals surface area (Å²) in [5.74, 6) is 0. The lowest BCUT2D eigenvalue weighted by Crippen LogP contribution is -2.19. The summed E-state index contributed by atoms with van der Waals surface area (Å²) in [5, 5.41) is 5.01. The van der Waals surface area contributed by atoms with E-state index in [2.05, 4.69) is 22.8 Å². The predicted molar refractivity (Wildman–Crippen MR) is 79.8 cm³/mol. The van der Waals surface area contributed by atoms with Crippen LogP contribution in [-0.4, -0.2) is 12.1 Å². The van der Waals surface area contributed by atoms with Crippen molar-refractivity contribution in [3.63, 3.8) is 0 Å². The number of anilines is 2. The molecule has 4 amide bonds. The summed E-state index contributed by atoms with van der Waals surface area (Å²) in [6.07, 6.45) is 0.544. The van der Waals surface area contributed by atoms with Gasteiger partial charge in [-0.1, -0.05) is 12.1 Å². The third-order valence-corrected chi connectivity index (χ3v) is 2.64. The van der Waals surface area contributed by atoms with Crippen molar-refractivity contribution in [3.8, 4) is 0 Å². The molecule has 2 rings (SSSR count). The van der Waals surface area contributed by atoms with Crippen molar-refractivity contribution in [1.29, 1.82) is 0 Å². The Bertz CT molecular complexity index is 613. The Morgan fingerprint density at radius 3 is 1.71 bits per heavy atom. The summed E-state index contributed by atoms with van der Waals surface area (Å²) < 4.78 is 0. The average Bonchev–Trinajstić information content (AvgIpc) is 2.37. The maximum absolute atomic E-state index is 10.8. The van der Waals surface area contributed by atoms with E-state index < -0.39 is 12.1 Å². The first-order valence-electron chi connectivity index (χ1n) is 6.17. The molecule has 0 aliphatic carbocycles. The minimum absolute atomic E-state index is 0.544. The van der Waals surface area contributed by atoms with Crippen LogP contribution in [0.25, 0.3) is 0 Å². The minimum atomic E-state index is -0.619. The highest BCUT2D eigenvalue weighted by molar-refractivity contribution is 5.88. The van der Waals surface area contributed by atoms with Gasteiger partial charge in [-0.25, -0.2) is 9.59 Å². The molecule has 2 radical (unpaired) electrons. The minimum Gasteiger partial charge on any atom is -0.351 e. The van der Waals surface area contributed by atoms with Gasteiger partial charge in [0.15, 0.2) is 0 Å². The van der Waals surface area contributed by atoms with Crippen LogP contribution in [0.1, 0.15) is 11.1 Å². The number of hydrogen-bond donors (Lipinski definition) is 4. The van der Waals surface area contributed by atoms with Gasteiger partial charge in [0.2, 0.25) is 0 Å². The first-order chi connectivity index (χ1) is 10.0. The largest absolute Gasteiger partial charge is 0.351 e. The van der Waals surface area contributed by atoms with Crippen LogP contribution in [0.3, 0.4) is 0 Å². The summed E-state index contributed by atoms with van der Waals surface area (Å²) in [6, 6.07) is 15.2. The van der Waals surface area contributed by atoms with Crippen LogP contribution in [0.5, 0.6) is 0 Å². The fourth-order valence-corrected chi connectivity index (χ4v) is 1.88. The summed E-state index contributed by atoms with van der Waals surface area (Å²) >= 11 is 0. The molecule has 0 bridgehead atoms. The van der Waals surface area contributed by atoms with Gasteiger partial charge >= 0.3 is 12.1 Å². The van der Waals surface area contributed by atoms with E-state index in [4.69, 9.17) is 11.5 Å². The quantitative estimate of drug-likeness (QED) is 0.686. The summed E-state index contributed by atoms with van der Waals surface area (Å²) in [5.41, 5.74) is 13.1. The SMILES string of the molecule is NC(=O)Nc1cc[c]c(Cc2[c]ccc(NC(N)=O)c2)c1. The summed E-state index contributed by atoms with van der Waals surface area (Å²) in [4.78, 5) is 21.7. The van der Waals surface area contributed by atoms with E-state index in [1.165, 1.54) is 0 Å². The average molecular weight is 282 g/mol. The lowest BCUT2D eigenvalue weighted by molar-refractivity contribution is 0.258. The first kappa shape index (κ1) is 14.4. The van der Waals surface area contributed by atoms with E-state index in [0.29, 0.717) is 17.8 Å². The molecular formula is C15H14N4O2. The lowest BCUT2D eigenvalue weighted by Gasteiger charge is -2.07. The van der Waals surface area contributed by atoms with Crippen LogP contribution >= 0.6 is 0 Å². The second-order valence-electron chi connectivity index (χ2n) is 4.36. The zero-order chi connectivity index (χ0) is 15.2. The monoisotopic (exact) mass is 282 g/mol. The van der Waals surface area contributed by atoms with Crippen molar-refractivity contribution >= 4 is 23.4 Å². The Hall–Kier alpha value is -3.02. The zero-order valence-electron chi connectivity index (χ0n) is 11.1. The second-order valence-corrected chi connectivity index (χ2v) is 4.36. The number of rotatable bonds is 4. The smallest absolute Gasteiger partial charge is 0.316 e. The van der Waals surface area contributed by atoms with Crippen LogP contribution in [0.2, 0.25) is 0 Å². The Balaban J connectivity index is 2.14. The molecule has 0 aromatic heterocycles. The molecule has 0 heterocycles. The van der Waals surface area contributed by atoms with Crippen LogP contribution in [-0.2, 0) is 6.42 Å². The molecule has 0 spiro atoms. The van der Waals surface area contributed by atoms with Crippen molar-refractivity contribution in [2.75, 3.05) is 10.6 Å². The van der Waals surface area contributed by atoms with Gasteiger partial charge in [0.25, 0.3) is 0 Å². The van der Waals surface area contributed by atoms with Crippen LogP contribution in [0.4, 0.5) is 21.0 Å². The maximum atomic E-state index is 10.8. The number of urea groups is 2. The van der Waals surface area contributed by atoms with Crippen molar-refractivity contribution in [2.24, 2.45) is 11.5 Å². The van der Waals surface area contributed by atoms with Crippen LogP contribution < -0.4 is 22.1 Å². The highest BCUT2D eigenvalue weighted by Gasteiger charge is 2.02. The number of hydrogen-bond acceptors (Lipinski definition) is 2. The Morgan fingerprint density at radius 2 is 1.33 bits per heavy atom. The van der Waals surface area contributed by atoms with Gasteiger partial charge in [-0.15, -0.1) is 0 Å². The van der Waals surface area contributed by atoms with E-state index in [9.17, 15) is 9.59 Å². The van der Waals surface area contributed by atoms with Gasteiger partial charge < -0.3 is 22.1 Å². The molecule has 0 saturated carbocycles. The van der Waals surface area contributed by atoms with Gasteiger partial charge in [0.1, 0.15) is 0 Å². The van der Waals surface area contributed by atoms with Gasteiger partial charge in [-0.3, -0.25) is 0 Å². The first-order valence-corrected chi connectivity index (χ1v) is 6.17. The molecule has 2 aromatic rings. The second kappa shape index (κ2) is 6.42. The third-order valence-electron chi connectivity index (χ3n) is 2.64. The molecule has 0 aliphatic heterocycles. The maximum Gasteiger partial charge on any atom is 0.316 e. The van der Waals surface area contributed by atoms with E-state index in [0.717, 1.165) is 11.1 Å². The number of nitrogens with two attached hydrogens (primary N) is 2. The molecular weight excluding hydrogens is 268 g/mol. The van der Waals surface area contributed by atoms with Crippen molar-refractivity contribution in [1.82, 2.24) is 0 Å². The van der Waals surface area contributed by atoms with Gasteiger partial charge in [0, 0.05) is 11.4 Å². The molecule has 106 valence electrons. The van der Waals surface area contributed by atoms with E-state index in [-0.39, 0.29) is 0 Å². The van der Waals surface area contributed by atoms with Gasteiger partial charge in [-0.2, -0.15) is 0 Å². The molecule has 2 aromatic carbocycles. The topological polar surface area (TPSA) is 110 Å². The molecule has 0 fully saturated rings. The lowest BCUT2D eigenvalue weighted by atomic mass is 10.0. The number of primary amides is 2. The predicted octanol–water partition coefficient (Wildman–Crippen LogP) is 1.86. The molecule has 21 heavy (non-hydrogen) atoms. The normalized spacial score (nSPS) is 9.90. The molecule has 6 heteroatoms. The van der Waals surface area contributed by atoms with Gasteiger partial charge in [0.05, 0.1) is 0 Å². The van der Waals surface area contributed by atoms with Crippen LogP contribution in [0, 0.1) is 12.1 Å². The molecule has 0 saturated heterocycles. The fourth-order valence-electron chi connectivity index (χ4n) is 1.88. The summed E-state index contributed by atoms with van der Waals surface area (Å²) in [7, 11) is 0. The molecule has 0 unspecified atom stereocenters. The van der Waals surface area contributed by atoms with E-state index in [1.54, 1.807) is 36.4 Å². The highest BCUT2D eigenvalue weighted by atomic mass is 16.2. The van der Waals surface area contributed by atoms with Crippen molar-refractivity contribution < 1.29 is 9.59 Å². The zero-order valence-corrected chi connectivity index (χ0v) is 11.1. The Kier molecular flexibility index (Phi) is 4.40. The number of carbonyl (C=O) groups is 2. The molecule has 6 nitrogen and oxygen atoms in total. The van der Waals surface area contributed by atoms with E-state index >= 15 is 0 Å². The summed E-state index contributed by atoms with van der Waals surface area (Å²) in [6.45, 7) is 0. The van der Waals surface area contributed by atoms with Crippen molar-refractivity contribution in [2.45, 2.75) is 6.42 Å². The van der Waals surface area contributed by atoms with Gasteiger partial charge in [-0.05, 0) is 53.9 Å². The number of carbonyl (C=O) groups excluding carboxylic acids is 2. The molecule has 6 N–H and O–H groups in total. The number of amides is 4. The standard InChI is InChI=1S/C15H14N4O2/c16-14(20)18-12-5-1-3-10(8-12)7-11-4-2-6-13(9-11)19-15(17)21/h1-2,5-6,8-9H,7H2,(H3,16,18,20)(H3,17,19,21). The van der Waals surface area contributed by atoms with Crippen molar-refractivity contribution in [3.05, 3.63) is 59.7 Å². The molecule has 0 aliphatic rings. The Morgan fingerprint density at radius 1 is 0.905 bits per heavy atom. The fraction of sp³-hybridized carbons (Fsp3) is 0.0667. The molecule has 0 atom stereocenters. The Labute approximate surface area is 122 Å². The van der Waals surface area contributed by atoms with Crippen LogP contribution in [0.15, 0.2) is 36.4 Å². The van der Waals surface area contributed by atoms with E-state index in [1.807, 2.05) is 0 Å². The highest BCUT2D eigenvalue weighted by Crippen LogP contribution is 2.16. The number of benzene rings is 2.